The number of amides is 3. The van der Waals surface area contributed by atoms with Gasteiger partial charge in [0.25, 0.3) is 0 Å². The summed E-state index contributed by atoms with van der Waals surface area (Å²) < 4.78 is 33.2. The molecule has 2 N–H and O–H groups in total. The van der Waals surface area contributed by atoms with Crippen LogP contribution in [0.5, 0.6) is 0 Å². The number of ether oxygens (including phenoxy) is 1. The molecule has 12 nitrogen and oxygen atoms in total. The van der Waals surface area contributed by atoms with Crippen molar-refractivity contribution in [2.24, 2.45) is 21.9 Å². The number of allylic oxidation sites excluding steroid dienone is 2. The van der Waals surface area contributed by atoms with E-state index in [1.165, 1.54) is 4.90 Å². The molecule has 0 aromatic heterocycles. The van der Waals surface area contributed by atoms with Crippen molar-refractivity contribution < 1.29 is 37.2 Å². The number of nitrogens with zero attached hydrogens (tertiary/aromatic N) is 2. The van der Waals surface area contributed by atoms with Gasteiger partial charge < -0.3 is 19.8 Å². The van der Waals surface area contributed by atoms with Gasteiger partial charge in [-0.1, -0.05) is 80.6 Å². The molecule has 2 heterocycles. The van der Waals surface area contributed by atoms with Crippen LogP contribution < -0.4 is 10.0 Å². The first kappa shape index (κ1) is 37.5. The van der Waals surface area contributed by atoms with E-state index in [0.29, 0.717) is 25.0 Å². The molecule has 54 heavy (non-hydrogen) atoms. The van der Waals surface area contributed by atoms with E-state index in [2.05, 4.69) is 47.0 Å². The Morgan fingerprint density at radius 1 is 1.07 bits per heavy atom. The summed E-state index contributed by atoms with van der Waals surface area (Å²) in [4.78, 5) is 63.2. The van der Waals surface area contributed by atoms with Crippen LogP contribution in [-0.4, -0.2) is 79.3 Å². The molecule has 3 amide bonds. The first-order valence-corrected chi connectivity index (χ1v) is 20.4. The number of alkyl carbamates (subject to hydrolysis) is 1. The largest absolute Gasteiger partial charge is 0.450 e. The average molecular weight is 757 g/mol. The van der Waals surface area contributed by atoms with Crippen LogP contribution in [0.1, 0.15) is 88.8 Å². The van der Waals surface area contributed by atoms with E-state index in [-0.39, 0.29) is 32.4 Å². The fourth-order valence-electron chi connectivity index (χ4n) is 7.84. The Labute approximate surface area is 316 Å². The maximum atomic E-state index is 14.5. The lowest BCUT2D eigenvalue weighted by atomic mass is 9.85. The van der Waals surface area contributed by atoms with Gasteiger partial charge in [-0.3, -0.25) is 19.1 Å². The number of hydrogen-bond acceptors (Lipinski definition) is 9. The van der Waals surface area contributed by atoms with Crippen LogP contribution in [0.3, 0.4) is 0 Å². The third-order valence-corrected chi connectivity index (χ3v) is 13.0. The van der Waals surface area contributed by atoms with E-state index in [9.17, 15) is 27.6 Å². The maximum absolute atomic E-state index is 14.5. The zero-order valence-electron chi connectivity index (χ0n) is 31.0. The second-order valence-electron chi connectivity index (χ2n) is 16.3. The lowest BCUT2D eigenvalue weighted by molar-refractivity contribution is -0.142. The number of carbonyl (C=O) groups excluding carboxylic acids is 4. The Bertz CT molecular complexity index is 2050. The topological polar surface area (TPSA) is 161 Å². The number of sulfonamides is 1. The molecule has 2 aromatic rings. The molecule has 13 heteroatoms. The van der Waals surface area contributed by atoms with Gasteiger partial charge >= 0.3 is 6.09 Å². The maximum Gasteiger partial charge on any atom is 0.407 e. The number of fused-ring (bicyclic) bond motifs is 6. The van der Waals surface area contributed by atoms with Crippen molar-refractivity contribution in [3.05, 3.63) is 77.9 Å². The van der Waals surface area contributed by atoms with Crippen molar-refractivity contribution in [1.29, 1.82) is 0 Å². The van der Waals surface area contributed by atoms with Gasteiger partial charge in [0.2, 0.25) is 21.8 Å². The van der Waals surface area contributed by atoms with Crippen LogP contribution in [0.2, 0.25) is 0 Å². The molecule has 5 aliphatic rings. The van der Waals surface area contributed by atoms with Gasteiger partial charge in [0.1, 0.15) is 17.9 Å². The molecule has 4 bridgehead atoms. The number of nitrogens with one attached hydrogen (secondary N) is 2. The van der Waals surface area contributed by atoms with Crippen molar-refractivity contribution >= 4 is 45.5 Å². The number of rotatable bonds is 7. The molecule has 2 aromatic carbocycles. The molecule has 1 saturated heterocycles. The van der Waals surface area contributed by atoms with Crippen molar-refractivity contribution in [2.45, 2.75) is 95.6 Å². The lowest BCUT2D eigenvalue weighted by Crippen LogP contribution is -2.57. The van der Waals surface area contributed by atoms with Gasteiger partial charge in [0.15, 0.2) is 5.78 Å². The molecule has 0 radical (unpaired) electrons. The zero-order valence-corrected chi connectivity index (χ0v) is 31.8. The molecule has 286 valence electrons. The first-order chi connectivity index (χ1) is 25.7. The molecule has 0 spiro atoms. The number of carbonyl (C=O) groups is 4. The van der Waals surface area contributed by atoms with E-state index >= 15 is 0 Å². The minimum Gasteiger partial charge on any atom is -0.450 e. The van der Waals surface area contributed by atoms with Crippen LogP contribution in [-0.2, 0) is 34.0 Å². The summed E-state index contributed by atoms with van der Waals surface area (Å²) in [5, 5.41) is 6.84. The van der Waals surface area contributed by atoms with E-state index in [0.717, 1.165) is 40.7 Å². The summed E-state index contributed by atoms with van der Waals surface area (Å²) >= 11 is 0. The molecule has 3 aliphatic carbocycles. The Morgan fingerprint density at radius 2 is 1.81 bits per heavy atom. The zero-order chi connectivity index (χ0) is 38.4. The summed E-state index contributed by atoms with van der Waals surface area (Å²) in [6.45, 7) is 9.43. The van der Waals surface area contributed by atoms with Gasteiger partial charge in [-0.2, -0.15) is 0 Å². The Balaban J connectivity index is 1.22. The van der Waals surface area contributed by atoms with E-state index in [1.807, 2.05) is 45.0 Å². The standard InChI is InChI=1S/C41H48N4O8S/c1-5-26-22-41(26,38(48)44-54(50,51)28-16-17-28)23-34(46)33-21-27-24-45(33)37(47)36(40(2,3)4)42-39(49)52-19-11-7-6-8-12-25-15-18-30-29-13-9-10-14-31(29)35(43-53-27)32(30)20-25/h5,8-10,12-15,18,20,26-28,33,36H,1,6-7,11,16-17,19,21-24H2,2-4H3,(H,42,49)(H,44,48)/b12-8+,43-35-/t26-,27-,33+,36-,41-/m1/s1. The number of cyclic esters (lactones) is 1. The summed E-state index contributed by atoms with van der Waals surface area (Å²) in [7, 11) is -3.86. The monoisotopic (exact) mass is 756 g/mol. The second kappa shape index (κ2) is 14.5. The Hall–Kier alpha value is -4.78. The lowest BCUT2D eigenvalue weighted by Gasteiger charge is -2.35. The third kappa shape index (κ3) is 7.47. The molecule has 5 atom stereocenters. The number of hydrogen-bond donors (Lipinski definition) is 2. The second-order valence-corrected chi connectivity index (χ2v) is 18.2. The molecular weight excluding hydrogens is 709 g/mol. The molecule has 0 unspecified atom stereocenters. The van der Waals surface area contributed by atoms with Crippen LogP contribution in [0.15, 0.2) is 66.4 Å². The van der Waals surface area contributed by atoms with Crippen LogP contribution in [0, 0.1) is 16.7 Å². The number of ketones is 1. The van der Waals surface area contributed by atoms with E-state index in [4.69, 9.17) is 14.7 Å². The fraction of sp³-hybridized carbons (Fsp3) is 0.488. The van der Waals surface area contributed by atoms with Crippen molar-refractivity contribution in [3.63, 3.8) is 0 Å². The highest BCUT2D eigenvalue weighted by Crippen LogP contribution is 2.57. The Morgan fingerprint density at radius 3 is 2.52 bits per heavy atom. The van der Waals surface area contributed by atoms with Crippen molar-refractivity contribution in [1.82, 2.24) is 14.9 Å². The molecule has 7 rings (SSSR count). The smallest absolute Gasteiger partial charge is 0.407 e. The summed E-state index contributed by atoms with van der Waals surface area (Å²) in [6.07, 6.45) is 7.50. The van der Waals surface area contributed by atoms with Gasteiger partial charge in [-0.25, -0.2) is 13.2 Å². The van der Waals surface area contributed by atoms with Gasteiger partial charge in [-0.15, -0.1) is 6.58 Å². The molecule has 3 fully saturated rings. The van der Waals surface area contributed by atoms with Gasteiger partial charge in [0, 0.05) is 24.0 Å². The molecular formula is C41H48N4O8S. The van der Waals surface area contributed by atoms with Gasteiger partial charge in [0.05, 0.1) is 29.9 Å². The third-order valence-electron chi connectivity index (χ3n) is 11.2. The van der Waals surface area contributed by atoms with E-state index in [1.54, 1.807) is 6.08 Å². The number of benzene rings is 2. The predicted octanol–water partition coefficient (Wildman–Crippen LogP) is 5.50. The normalized spacial score (nSPS) is 28.6. The van der Waals surface area contributed by atoms with E-state index < -0.39 is 73.9 Å². The fourth-order valence-corrected chi connectivity index (χ4v) is 9.23. The van der Waals surface area contributed by atoms with Crippen LogP contribution in [0.25, 0.3) is 17.2 Å². The first-order valence-electron chi connectivity index (χ1n) is 18.8. The predicted molar refractivity (Wildman–Crippen MR) is 204 cm³/mol. The van der Waals surface area contributed by atoms with Crippen LogP contribution >= 0.6 is 0 Å². The van der Waals surface area contributed by atoms with Crippen molar-refractivity contribution in [2.75, 3.05) is 13.2 Å². The molecule has 2 saturated carbocycles. The summed E-state index contributed by atoms with van der Waals surface area (Å²) in [5.41, 5.74) is 3.44. The highest BCUT2D eigenvalue weighted by Gasteiger charge is 2.61. The molecule has 2 aliphatic heterocycles. The number of Topliss-reactive ketones (excluding diaryl/α,β-unsaturated/α-hetero) is 1. The quantitative estimate of drug-likeness (QED) is 0.299. The average Bonchev–Trinajstić information content (AvgIpc) is 4.04. The summed E-state index contributed by atoms with van der Waals surface area (Å²) in [6, 6.07) is 12.1. The highest BCUT2D eigenvalue weighted by atomic mass is 32.2. The van der Waals surface area contributed by atoms with Crippen molar-refractivity contribution in [3.8, 4) is 11.1 Å². The minimum absolute atomic E-state index is 0.00719. The summed E-state index contributed by atoms with van der Waals surface area (Å²) in [5.74, 6) is -2.04. The van der Waals surface area contributed by atoms with Crippen LogP contribution in [0.4, 0.5) is 4.79 Å². The van der Waals surface area contributed by atoms with Gasteiger partial charge in [-0.05, 0) is 72.6 Å². The highest BCUT2D eigenvalue weighted by molar-refractivity contribution is 7.90. The number of oxime groups is 1. The Kier molecular flexibility index (Phi) is 10.1. The minimum atomic E-state index is -3.86. The SMILES string of the molecule is C=C[C@@H]1C[C@]1(CC(=O)[C@@H]1C[C@@H]2CN1C(=O)[C@H](C(C)(C)C)NC(=O)OCCCC/C=C/c1ccc3c(c1)/C(=N\O2)c1ccccc1-3)C(=O)NS(=O)(=O)C1CC1.